The third kappa shape index (κ3) is 8.00. The van der Waals surface area contributed by atoms with Gasteiger partial charge in [0.25, 0.3) is 0 Å². The fourth-order valence-electron chi connectivity index (χ4n) is 2.66. The first-order chi connectivity index (χ1) is 12.0. The normalized spacial score (nSPS) is 29.6. The van der Waals surface area contributed by atoms with Gasteiger partial charge < -0.3 is 29.5 Å². The number of rotatable bonds is 12. The van der Waals surface area contributed by atoms with Crippen LogP contribution in [0.15, 0.2) is 0 Å². The van der Waals surface area contributed by atoms with E-state index >= 15 is 0 Å². The van der Waals surface area contributed by atoms with Gasteiger partial charge in [-0.05, 0) is 12.8 Å². The molecular formula is C18H34O7. The Morgan fingerprint density at radius 1 is 0.920 bits per heavy atom. The topological polar surface area (TPSA) is 105 Å². The molecule has 1 aliphatic heterocycles. The van der Waals surface area contributed by atoms with E-state index in [0.717, 1.165) is 44.9 Å². The average Bonchev–Trinajstić information content (AvgIpc) is 2.60. The van der Waals surface area contributed by atoms with Gasteiger partial charge in [-0.1, -0.05) is 46.0 Å². The minimum absolute atomic E-state index is 0.174. The van der Waals surface area contributed by atoms with E-state index < -0.39 is 30.7 Å². The molecule has 0 bridgehead atoms. The van der Waals surface area contributed by atoms with Crippen LogP contribution in [0, 0.1) is 0 Å². The third-order valence-electron chi connectivity index (χ3n) is 4.34. The van der Waals surface area contributed by atoms with Crippen LogP contribution in [0.25, 0.3) is 0 Å². The summed E-state index contributed by atoms with van der Waals surface area (Å²) in [5, 5.41) is 29.9. The highest BCUT2D eigenvalue weighted by atomic mass is 16.7. The Kier molecular flexibility index (Phi) is 11.2. The summed E-state index contributed by atoms with van der Waals surface area (Å²) >= 11 is 0. The second kappa shape index (κ2) is 12.6. The number of hydrogen-bond donors (Lipinski definition) is 3. The number of esters is 1. The van der Waals surface area contributed by atoms with Crippen molar-refractivity contribution in [1.29, 1.82) is 0 Å². The van der Waals surface area contributed by atoms with Gasteiger partial charge in [0.1, 0.15) is 31.0 Å². The van der Waals surface area contributed by atoms with Crippen LogP contribution in [-0.2, 0) is 19.0 Å². The lowest BCUT2D eigenvalue weighted by Gasteiger charge is -2.39. The number of aliphatic hydroxyl groups excluding tert-OH is 3. The number of carbonyl (C=O) groups is 1. The first kappa shape index (κ1) is 22.3. The lowest BCUT2D eigenvalue weighted by atomic mass is 9.99. The van der Waals surface area contributed by atoms with Gasteiger partial charge in [0.05, 0.1) is 0 Å². The zero-order valence-electron chi connectivity index (χ0n) is 15.4. The second-order valence-corrected chi connectivity index (χ2v) is 6.59. The second-order valence-electron chi connectivity index (χ2n) is 6.59. The van der Waals surface area contributed by atoms with Crippen LogP contribution in [-0.4, -0.2) is 65.2 Å². The Bertz CT molecular complexity index is 363. The number of ether oxygens (including phenoxy) is 3. The molecule has 3 N–H and O–H groups in total. The molecule has 148 valence electrons. The maximum atomic E-state index is 11.8. The Labute approximate surface area is 150 Å². The number of hydrogen-bond acceptors (Lipinski definition) is 7. The lowest BCUT2D eigenvalue weighted by molar-refractivity contribution is -0.301. The van der Waals surface area contributed by atoms with E-state index in [1.165, 1.54) is 0 Å². The van der Waals surface area contributed by atoms with Crippen molar-refractivity contribution in [3.8, 4) is 0 Å². The third-order valence-corrected chi connectivity index (χ3v) is 4.34. The van der Waals surface area contributed by atoms with Gasteiger partial charge in [0.15, 0.2) is 6.29 Å². The largest absolute Gasteiger partial charge is 0.463 e. The minimum atomic E-state index is -1.40. The van der Waals surface area contributed by atoms with Crippen molar-refractivity contribution < 1.29 is 34.3 Å². The Balaban J connectivity index is 2.35. The summed E-state index contributed by atoms with van der Waals surface area (Å²) in [4.78, 5) is 11.8. The van der Waals surface area contributed by atoms with Crippen molar-refractivity contribution in [3.63, 3.8) is 0 Å². The fraction of sp³-hybridized carbons (Fsp3) is 0.944. The molecular weight excluding hydrogens is 328 g/mol. The molecule has 7 heteroatoms. The summed E-state index contributed by atoms with van der Waals surface area (Å²) in [5.74, 6) is -0.351. The van der Waals surface area contributed by atoms with E-state index in [-0.39, 0.29) is 12.6 Å². The highest BCUT2D eigenvalue weighted by Crippen LogP contribution is 2.23. The molecule has 1 aliphatic rings. The van der Waals surface area contributed by atoms with Gasteiger partial charge in [0.2, 0.25) is 0 Å². The van der Waals surface area contributed by atoms with Crippen molar-refractivity contribution >= 4 is 5.97 Å². The van der Waals surface area contributed by atoms with Gasteiger partial charge in [-0.2, -0.15) is 0 Å². The van der Waals surface area contributed by atoms with E-state index in [4.69, 9.17) is 14.2 Å². The summed E-state index contributed by atoms with van der Waals surface area (Å²) in [7, 11) is 0. The Morgan fingerprint density at radius 2 is 1.60 bits per heavy atom. The first-order valence-electron chi connectivity index (χ1n) is 9.48. The van der Waals surface area contributed by atoms with Crippen LogP contribution >= 0.6 is 0 Å². The molecule has 0 spiro atoms. The number of carbonyl (C=O) groups excluding carboxylic acids is 1. The smallest absolute Gasteiger partial charge is 0.305 e. The van der Waals surface area contributed by atoms with E-state index in [9.17, 15) is 20.1 Å². The van der Waals surface area contributed by atoms with E-state index in [1.54, 1.807) is 0 Å². The quantitative estimate of drug-likeness (QED) is 0.357. The van der Waals surface area contributed by atoms with Crippen LogP contribution in [0.1, 0.15) is 65.2 Å². The molecule has 0 radical (unpaired) electrons. The van der Waals surface area contributed by atoms with Crippen LogP contribution < -0.4 is 0 Å². The zero-order valence-corrected chi connectivity index (χ0v) is 15.4. The summed E-state index contributed by atoms with van der Waals surface area (Å²) in [6.07, 6.45) is 1.19. The first-order valence-corrected chi connectivity index (χ1v) is 9.48. The molecule has 0 unspecified atom stereocenters. The number of unbranched alkanes of at least 4 members (excludes halogenated alkanes) is 5. The minimum Gasteiger partial charge on any atom is -0.463 e. The standard InChI is InChI=1S/C18H34O7/c1-3-5-7-8-9-10-14(19)24-12-13-15(20)16(21)17(22)18(25-13)23-11-6-4-2/h13,15-18,20-22H,3-12H2,1-2H3/t13-,15-,16+,17-,18+/m1/s1. The molecule has 0 aromatic heterocycles. The zero-order chi connectivity index (χ0) is 18.7. The maximum absolute atomic E-state index is 11.8. The maximum Gasteiger partial charge on any atom is 0.305 e. The summed E-state index contributed by atoms with van der Waals surface area (Å²) in [6.45, 7) is 4.34. The molecule has 0 aliphatic carbocycles. The number of aliphatic hydroxyl groups is 3. The molecule has 1 heterocycles. The average molecular weight is 362 g/mol. The van der Waals surface area contributed by atoms with Crippen molar-refractivity contribution in [3.05, 3.63) is 0 Å². The van der Waals surface area contributed by atoms with Crippen molar-refractivity contribution in [2.45, 2.75) is 95.9 Å². The molecule has 0 saturated carbocycles. The summed E-state index contributed by atoms with van der Waals surface area (Å²) < 4.78 is 16.0. The monoisotopic (exact) mass is 362 g/mol. The fourth-order valence-corrected chi connectivity index (χ4v) is 2.66. The van der Waals surface area contributed by atoms with Crippen molar-refractivity contribution in [1.82, 2.24) is 0 Å². The van der Waals surface area contributed by atoms with Gasteiger partial charge in [-0.3, -0.25) is 4.79 Å². The predicted molar refractivity (Wildman–Crippen MR) is 91.9 cm³/mol. The van der Waals surface area contributed by atoms with Crippen molar-refractivity contribution in [2.24, 2.45) is 0 Å². The van der Waals surface area contributed by atoms with Crippen LogP contribution in [0.3, 0.4) is 0 Å². The van der Waals surface area contributed by atoms with Gasteiger partial charge >= 0.3 is 5.97 Å². The van der Waals surface area contributed by atoms with Crippen LogP contribution in [0.4, 0.5) is 0 Å². The van der Waals surface area contributed by atoms with E-state index in [1.807, 2.05) is 6.92 Å². The molecule has 5 atom stereocenters. The predicted octanol–water partition coefficient (Wildman–Crippen LogP) is 1.51. The molecule has 0 aromatic rings. The molecule has 0 amide bonds. The highest BCUT2D eigenvalue weighted by molar-refractivity contribution is 5.69. The highest BCUT2D eigenvalue weighted by Gasteiger charge is 2.44. The lowest BCUT2D eigenvalue weighted by Crippen LogP contribution is -2.59. The molecule has 1 fully saturated rings. The van der Waals surface area contributed by atoms with Crippen molar-refractivity contribution in [2.75, 3.05) is 13.2 Å². The molecule has 25 heavy (non-hydrogen) atoms. The summed E-state index contributed by atoms with van der Waals surface area (Å²) in [6, 6.07) is 0. The van der Waals surface area contributed by atoms with Gasteiger partial charge in [0, 0.05) is 13.0 Å². The van der Waals surface area contributed by atoms with E-state index in [2.05, 4.69) is 6.92 Å². The molecule has 1 rings (SSSR count). The van der Waals surface area contributed by atoms with Crippen LogP contribution in [0.2, 0.25) is 0 Å². The van der Waals surface area contributed by atoms with Gasteiger partial charge in [-0.15, -0.1) is 0 Å². The summed E-state index contributed by atoms with van der Waals surface area (Å²) in [5.41, 5.74) is 0. The SMILES string of the molecule is CCCCCCCC(=O)OC[C@H]1O[C@H](OCCCC)[C@H](O)[C@@H](O)[C@@H]1O. The molecule has 1 saturated heterocycles. The molecule has 7 nitrogen and oxygen atoms in total. The Hall–Kier alpha value is -0.730. The van der Waals surface area contributed by atoms with Gasteiger partial charge in [-0.25, -0.2) is 0 Å². The van der Waals surface area contributed by atoms with Crippen LogP contribution in [0.5, 0.6) is 0 Å². The Morgan fingerprint density at radius 3 is 2.28 bits per heavy atom. The van der Waals surface area contributed by atoms with E-state index in [0.29, 0.717) is 13.0 Å². The molecule has 0 aromatic carbocycles.